The average Bonchev–Trinajstić information content (AvgIpc) is 2.65. The highest BCUT2D eigenvalue weighted by atomic mass is 17.2. The lowest BCUT2D eigenvalue weighted by atomic mass is 9.98. The SMILES string of the molecule is CN(CCc1ccc(OOC(=O)C(C)(C)C)c(OOC(=O)C(C)(C)C)c1)C(=O)OC(C)(C)C. The smallest absolute Gasteiger partial charge is 0.410 e. The van der Waals surface area contributed by atoms with Crippen molar-refractivity contribution in [3.63, 3.8) is 0 Å². The van der Waals surface area contributed by atoms with E-state index in [2.05, 4.69) is 0 Å². The van der Waals surface area contributed by atoms with Crippen molar-refractivity contribution in [2.24, 2.45) is 10.8 Å². The Morgan fingerprint density at radius 1 is 0.788 bits per heavy atom. The lowest BCUT2D eigenvalue weighted by molar-refractivity contribution is -0.235. The molecule has 0 aromatic heterocycles. The van der Waals surface area contributed by atoms with Crippen molar-refractivity contribution in [2.75, 3.05) is 13.6 Å². The molecule has 0 bridgehead atoms. The first-order valence-corrected chi connectivity index (χ1v) is 10.7. The number of ether oxygens (including phenoxy) is 1. The molecule has 1 aromatic carbocycles. The number of hydrogen-bond acceptors (Lipinski definition) is 8. The molecule has 186 valence electrons. The van der Waals surface area contributed by atoms with Crippen LogP contribution in [0.3, 0.4) is 0 Å². The summed E-state index contributed by atoms with van der Waals surface area (Å²) < 4.78 is 5.35. The van der Waals surface area contributed by atoms with Gasteiger partial charge in [0.05, 0.1) is 10.8 Å². The molecule has 0 fully saturated rings. The van der Waals surface area contributed by atoms with Gasteiger partial charge in [0.2, 0.25) is 11.5 Å². The molecule has 1 rings (SSSR count). The van der Waals surface area contributed by atoms with Gasteiger partial charge in [-0.05, 0) is 86.4 Å². The molecule has 9 nitrogen and oxygen atoms in total. The fraction of sp³-hybridized carbons (Fsp3) is 0.625. The van der Waals surface area contributed by atoms with Gasteiger partial charge in [-0.3, -0.25) is 9.78 Å². The number of rotatable bonds is 7. The van der Waals surface area contributed by atoms with Crippen LogP contribution in [0.15, 0.2) is 18.2 Å². The molecular formula is C24H37NO8. The summed E-state index contributed by atoms with van der Waals surface area (Å²) in [4.78, 5) is 58.0. The predicted molar refractivity (Wildman–Crippen MR) is 121 cm³/mol. The zero-order valence-electron chi connectivity index (χ0n) is 21.4. The summed E-state index contributed by atoms with van der Waals surface area (Å²) in [5, 5.41) is 0. The summed E-state index contributed by atoms with van der Waals surface area (Å²) in [6, 6.07) is 4.83. The van der Waals surface area contributed by atoms with Crippen molar-refractivity contribution in [2.45, 2.75) is 74.3 Å². The van der Waals surface area contributed by atoms with Gasteiger partial charge in [-0.1, -0.05) is 6.07 Å². The van der Waals surface area contributed by atoms with Crippen molar-refractivity contribution >= 4 is 18.0 Å². The zero-order valence-corrected chi connectivity index (χ0v) is 21.4. The maximum atomic E-state index is 12.2. The Balaban J connectivity index is 2.97. The largest absolute Gasteiger partial charge is 0.444 e. The Bertz CT molecular complexity index is 843. The monoisotopic (exact) mass is 467 g/mol. The molecule has 0 aliphatic carbocycles. The minimum atomic E-state index is -0.784. The lowest BCUT2D eigenvalue weighted by Crippen LogP contribution is -2.35. The normalized spacial score (nSPS) is 11.9. The van der Waals surface area contributed by atoms with E-state index in [4.69, 9.17) is 24.3 Å². The average molecular weight is 468 g/mol. The topological polar surface area (TPSA) is 101 Å². The van der Waals surface area contributed by atoms with Crippen molar-refractivity contribution in [3.8, 4) is 11.5 Å². The van der Waals surface area contributed by atoms with Gasteiger partial charge in [-0.25, -0.2) is 24.2 Å². The van der Waals surface area contributed by atoms with Crippen LogP contribution in [0, 0.1) is 10.8 Å². The standard InChI is InChI=1S/C24H37NO8/c1-22(2,3)19(26)32-30-17-12-11-16(13-14-25(10)21(28)29-24(7,8)9)15-18(17)31-33-20(27)23(4,5)6/h11-12,15H,13-14H2,1-10H3. The quantitative estimate of drug-likeness (QED) is 0.414. The molecule has 0 unspecified atom stereocenters. The number of benzene rings is 1. The molecule has 0 atom stereocenters. The van der Waals surface area contributed by atoms with E-state index in [9.17, 15) is 14.4 Å². The van der Waals surface area contributed by atoms with Crippen molar-refractivity contribution in [3.05, 3.63) is 23.8 Å². The Morgan fingerprint density at radius 3 is 1.73 bits per heavy atom. The molecule has 0 radical (unpaired) electrons. The zero-order chi connectivity index (χ0) is 25.6. The van der Waals surface area contributed by atoms with Gasteiger partial charge in [0, 0.05) is 13.6 Å². The van der Waals surface area contributed by atoms with E-state index in [0.29, 0.717) is 13.0 Å². The highest BCUT2D eigenvalue weighted by Crippen LogP contribution is 2.31. The number of amides is 1. The number of likely N-dealkylation sites (N-methyl/N-ethyl adjacent to an activating group) is 1. The lowest BCUT2D eigenvalue weighted by Gasteiger charge is -2.24. The molecule has 1 amide bonds. The van der Waals surface area contributed by atoms with Crippen molar-refractivity contribution in [1.82, 2.24) is 4.90 Å². The molecule has 0 aliphatic rings. The third-order valence-corrected chi connectivity index (χ3v) is 4.09. The summed E-state index contributed by atoms with van der Waals surface area (Å²) in [6.45, 7) is 15.9. The Kier molecular flexibility index (Phi) is 9.15. The number of carbonyl (C=O) groups excluding carboxylic acids is 3. The van der Waals surface area contributed by atoms with E-state index in [1.807, 2.05) is 0 Å². The van der Waals surface area contributed by atoms with Gasteiger partial charge < -0.3 is 9.64 Å². The van der Waals surface area contributed by atoms with Crippen LogP contribution in [0.5, 0.6) is 11.5 Å². The fourth-order valence-electron chi connectivity index (χ4n) is 1.99. The second-order valence-corrected chi connectivity index (χ2v) is 10.8. The Hall–Kier alpha value is -2.97. The van der Waals surface area contributed by atoms with Gasteiger partial charge in [-0.2, -0.15) is 0 Å². The van der Waals surface area contributed by atoms with E-state index in [0.717, 1.165) is 5.56 Å². The third-order valence-electron chi connectivity index (χ3n) is 4.09. The molecule has 0 aliphatic heterocycles. The van der Waals surface area contributed by atoms with Crippen molar-refractivity contribution < 1.29 is 38.7 Å². The molecule has 9 heteroatoms. The molecule has 0 saturated carbocycles. The number of carbonyl (C=O) groups is 3. The van der Waals surface area contributed by atoms with E-state index in [-0.39, 0.29) is 11.5 Å². The van der Waals surface area contributed by atoms with E-state index in [1.54, 1.807) is 81.5 Å². The van der Waals surface area contributed by atoms with Crippen LogP contribution in [-0.2, 0) is 30.5 Å². The van der Waals surface area contributed by atoms with Crippen LogP contribution in [0.2, 0.25) is 0 Å². The van der Waals surface area contributed by atoms with Gasteiger partial charge in [-0.15, -0.1) is 0 Å². The second kappa shape index (κ2) is 10.8. The van der Waals surface area contributed by atoms with Crippen LogP contribution < -0.4 is 9.78 Å². The highest BCUT2D eigenvalue weighted by molar-refractivity contribution is 5.75. The predicted octanol–water partition coefficient (Wildman–Crippen LogP) is 4.86. The maximum Gasteiger partial charge on any atom is 0.410 e. The maximum absolute atomic E-state index is 12.2. The summed E-state index contributed by atoms with van der Waals surface area (Å²) in [5.74, 6) is -1.07. The van der Waals surface area contributed by atoms with Gasteiger partial charge in [0.25, 0.3) is 0 Å². The van der Waals surface area contributed by atoms with Crippen LogP contribution >= 0.6 is 0 Å². The first-order chi connectivity index (χ1) is 14.9. The second-order valence-electron chi connectivity index (χ2n) is 10.8. The molecule has 0 spiro atoms. The van der Waals surface area contributed by atoms with Crippen LogP contribution in [-0.4, -0.2) is 42.1 Å². The first kappa shape index (κ1) is 28.1. The number of hydrogen-bond donors (Lipinski definition) is 0. The van der Waals surface area contributed by atoms with Crippen LogP contribution in [0.25, 0.3) is 0 Å². The molecule has 0 heterocycles. The van der Waals surface area contributed by atoms with Gasteiger partial charge in [0.15, 0.2) is 0 Å². The molecule has 0 N–H and O–H groups in total. The Labute approximate surface area is 196 Å². The minimum absolute atomic E-state index is 0.0479. The fourth-order valence-corrected chi connectivity index (χ4v) is 1.99. The number of nitrogens with zero attached hydrogens (tertiary/aromatic N) is 1. The molecule has 0 saturated heterocycles. The van der Waals surface area contributed by atoms with Crippen LogP contribution in [0.1, 0.15) is 67.9 Å². The highest BCUT2D eigenvalue weighted by Gasteiger charge is 2.27. The van der Waals surface area contributed by atoms with Crippen LogP contribution in [0.4, 0.5) is 4.79 Å². The molecule has 33 heavy (non-hydrogen) atoms. The summed E-state index contributed by atoms with van der Waals surface area (Å²) >= 11 is 0. The summed E-state index contributed by atoms with van der Waals surface area (Å²) in [5.41, 5.74) is -1.38. The van der Waals surface area contributed by atoms with E-state index in [1.165, 1.54) is 11.0 Å². The van der Waals surface area contributed by atoms with E-state index < -0.39 is 34.5 Å². The molecule has 1 aromatic rings. The minimum Gasteiger partial charge on any atom is -0.444 e. The third kappa shape index (κ3) is 10.0. The first-order valence-electron chi connectivity index (χ1n) is 10.7. The van der Waals surface area contributed by atoms with Crippen molar-refractivity contribution in [1.29, 1.82) is 0 Å². The summed E-state index contributed by atoms with van der Waals surface area (Å²) in [6.07, 6.45) is 0.0219. The summed E-state index contributed by atoms with van der Waals surface area (Å²) in [7, 11) is 1.64. The molecular weight excluding hydrogens is 430 g/mol. The Morgan fingerprint density at radius 2 is 1.27 bits per heavy atom. The van der Waals surface area contributed by atoms with Gasteiger partial charge in [0.1, 0.15) is 5.60 Å². The van der Waals surface area contributed by atoms with E-state index >= 15 is 0 Å². The van der Waals surface area contributed by atoms with Gasteiger partial charge >= 0.3 is 18.0 Å².